The van der Waals surface area contributed by atoms with Gasteiger partial charge in [0, 0.05) is 79.3 Å². The van der Waals surface area contributed by atoms with Crippen molar-refractivity contribution in [2.45, 2.75) is 20.8 Å². The number of pyridine rings is 2. The minimum Gasteiger partial charge on any atom is -0.277 e. The van der Waals surface area contributed by atoms with Crippen LogP contribution in [0, 0.1) is 6.92 Å². The topological polar surface area (TPSA) is 56.4 Å². The maximum Gasteiger partial charge on any atom is 0.264 e. The summed E-state index contributed by atoms with van der Waals surface area (Å²) in [5.74, 6) is 0. The Bertz CT molecular complexity index is 4600. The van der Waals surface area contributed by atoms with Gasteiger partial charge in [0.25, 0.3) is 11.1 Å². The smallest absolute Gasteiger partial charge is 0.264 e. The zero-order valence-corrected chi connectivity index (χ0v) is 37.9. The van der Waals surface area contributed by atoms with Crippen molar-refractivity contribution in [3.63, 3.8) is 0 Å². The third kappa shape index (κ3) is 4.99. The molecule has 3 aromatic heterocycles. The van der Waals surface area contributed by atoms with Crippen molar-refractivity contribution in [2.75, 3.05) is 0 Å². The van der Waals surface area contributed by atoms with E-state index in [1.54, 1.807) is 21.1 Å². The summed E-state index contributed by atoms with van der Waals surface area (Å²) in [4.78, 5) is 35.0. The Hall–Kier alpha value is -6.73. The van der Waals surface area contributed by atoms with E-state index in [4.69, 9.17) is 51.4 Å². The lowest BCUT2D eigenvalue weighted by molar-refractivity contribution is 0.971. The van der Waals surface area contributed by atoms with E-state index < -0.39 is 0 Å². The maximum absolute atomic E-state index is 15.0. The van der Waals surface area contributed by atoms with E-state index in [1.165, 1.54) is 0 Å². The summed E-state index contributed by atoms with van der Waals surface area (Å²) < 4.78 is 3.33. The van der Waals surface area contributed by atoms with Gasteiger partial charge < -0.3 is 0 Å². The van der Waals surface area contributed by atoms with E-state index in [-0.39, 0.29) is 11.1 Å². The number of aryl methyl sites for hydroxylation is 1. The highest BCUT2D eigenvalue weighted by Gasteiger charge is 2.29. The summed E-state index contributed by atoms with van der Waals surface area (Å²) in [6.07, 6.45) is 0. The molecule has 9 heteroatoms. The molecule has 0 aliphatic carbocycles. The van der Waals surface area contributed by atoms with Gasteiger partial charge >= 0.3 is 0 Å². The molecular formula is C56H31Cl4N3O2. The zero-order chi connectivity index (χ0) is 44.5. The highest BCUT2D eigenvalue weighted by molar-refractivity contribution is 6.56. The molecule has 65 heavy (non-hydrogen) atoms. The number of halogens is 4. The minimum atomic E-state index is -0.268. The molecule has 3 heterocycles. The zero-order valence-electron chi connectivity index (χ0n) is 34.9. The third-order valence-electron chi connectivity index (χ3n) is 13.5. The number of aromatic nitrogens is 3. The summed E-state index contributed by atoms with van der Waals surface area (Å²) in [6.45, 7) is 10.5. The van der Waals surface area contributed by atoms with Gasteiger partial charge in [-0.2, -0.15) is 0 Å². The lowest BCUT2D eigenvalue weighted by Gasteiger charge is -2.22. The van der Waals surface area contributed by atoms with E-state index in [1.807, 2.05) is 75.4 Å². The van der Waals surface area contributed by atoms with Gasteiger partial charge in [-0.25, -0.2) is 4.98 Å². The Morgan fingerprint density at radius 2 is 0.892 bits per heavy atom. The molecule has 0 amide bonds. The Morgan fingerprint density at radius 3 is 1.43 bits per heavy atom. The standard InChI is InChI=1S/C54H25Cl4N3O2.C2H6/c1-23-11-29-12-25-7-3-5-9-27(25)14-31(29)17-42(23)60-24(2)33-19-37(55)46-49-40(58)22-36-45-34(20-38(56)47(51(45)49)48-39(57)21-35(53(60)62)44(33)50(46)48)52-59-41-16-30-13-26-8-4-6-10-28(26)15-32(30)18-43(41)61(52)54(36)63;1-2/h3-22H,2H2,1H3;1-2H3. The molecule has 0 bridgehead atoms. The first-order valence-electron chi connectivity index (χ1n) is 21.4. The van der Waals surface area contributed by atoms with Gasteiger partial charge in [0.05, 0.1) is 27.5 Å². The first-order valence-corrected chi connectivity index (χ1v) is 22.9. The number of benzene rings is 11. The van der Waals surface area contributed by atoms with E-state index in [2.05, 4.69) is 61.2 Å². The number of rotatable bonds is 1. The second-order valence-electron chi connectivity index (χ2n) is 16.9. The SMILES string of the molecule is C=c1c2cc(Cl)c3c4c(Cl)cc5c(=O)n6c7cc8cc9ccccc9cc8cc7nc6c6cc(Cl)c(c7c(Cl)cc(c(=O)n1-c1cc8cc9ccccc9cc8cc1C)c2c37)c4c56.CC. The number of imidazole rings is 1. The van der Waals surface area contributed by atoms with E-state index in [0.29, 0.717) is 112 Å². The molecule has 11 aromatic carbocycles. The van der Waals surface area contributed by atoms with Crippen LogP contribution in [-0.2, 0) is 0 Å². The van der Waals surface area contributed by atoms with E-state index in [9.17, 15) is 4.79 Å². The van der Waals surface area contributed by atoms with Crippen LogP contribution in [0.2, 0.25) is 20.1 Å². The summed E-state index contributed by atoms with van der Waals surface area (Å²) in [5.41, 5.74) is 2.96. The van der Waals surface area contributed by atoms with Crippen LogP contribution in [0.5, 0.6) is 0 Å². The van der Waals surface area contributed by atoms with Crippen LogP contribution in [0.4, 0.5) is 0 Å². The van der Waals surface area contributed by atoms with Crippen LogP contribution in [0.25, 0.3) is 137 Å². The van der Waals surface area contributed by atoms with Gasteiger partial charge in [0.2, 0.25) is 0 Å². The fourth-order valence-electron chi connectivity index (χ4n) is 10.8. The van der Waals surface area contributed by atoms with Gasteiger partial charge in [-0.05, 0) is 128 Å². The fraction of sp³-hybridized carbons (Fsp3) is 0.0536. The van der Waals surface area contributed by atoms with Crippen LogP contribution in [0.1, 0.15) is 19.4 Å². The molecule has 0 N–H and O–H groups in total. The fourth-order valence-corrected chi connectivity index (χ4v) is 12.0. The number of nitrogens with zero attached hydrogens (tertiary/aromatic N) is 3. The molecular weight excluding hydrogens is 888 g/mol. The summed E-state index contributed by atoms with van der Waals surface area (Å²) in [7, 11) is 0. The molecule has 14 rings (SSSR count). The first kappa shape index (κ1) is 38.7. The van der Waals surface area contributed by atoms with Gasteiger partial charge in [-0.3, -0.25) is 18.6 Å². The summed E-state index contributed by atoms with van der Waals surface area (Å²) in [5, 5.41) is 17.7. The van der Waals surface area contributed by atoms with Crippen molar-refractivity contribution in [3.05, 3.63) is 173 Å². The van der Waals surface area contributed by atoms with Crippen molar-refractivity contribution in [1.29, 1.82) is 0 Å². The van der Waals surface area contributed by atoms with Gasteiger partial charge in [-0.1, -0.05) is 115 Å². The van der Waals surface area contributed by atoms with Crippen LogP contribution in [0.15, 0.2) is 131 Å². The first-order chi connectivity index (χ1) is 31.5. The van der Waals surface area contributed by atoms with Crippen molar-refractivity contribution >= 4 is 177 Å². The summed E-state index contributed by atoms with van der Waals surface area (Å²) >= 11 is 29.7. The molecule has 0 radical (unpaired) electrons. The monoisotopic (exact) mass is 917 g/mol. The van der Waals surface area contributed by atoms with E-state index in [0.717, 1.165) is 48.7 Å². The Labute approximate surface area is 388 Å². The Morgan fingerprint density at radius 1 is 0.462 bits per heavy atom. The van der Waals surface area contributed by atoms with Crippen molar-refractivity contribution in [3.8, 4) is 5.69 Å². The second-order valence-corrected chi connectivity index (χ2v) is 18.5. The van der Waals surface area contributed by atoms with Gasteiger partial charge in [-0.15, -0.1) is 0 Å². The lowest BCUT2D eigenvalue weighted by Crippen LogP contribution is -2.32. The van der Waals surface area contributed by atoms with Crippen LogP contribution in [-0.4, -0.2) is 14.0 Å². The summed E-state index contributed by atoms with van der Waals surface area (Å²) in [6, 6.07) is 40.4. The minimum absolute atomic E-state index is 0.255. The molecule has 5 nitrogen and oxygen atoms in total. The van der Waals surface area contributed by atoms with Crippen molar-refractivity contribution in [1.82, 2.24) is 14.0 Å². The van der Waals surface area contributed by atoms with Crippen molar-refractivity contribution < 1.29 is 0 Å². The van der Waals surface area contributed by atoms with Crippen LogP contribution >= 0.6 is 46.4 Å². The Balaban J connectivity index is 0.00000209. The van der Waals surface area contributed by atoms with Crippen LogP contribution < -0.4 is 16.5 Å². The molecule has 0 unspecified atom stereocenters. The average Bonchev–Trinajstić information content (AvgIpc) is 3.68. The third-order valence-corrected chi connectivity index (χ3v) is 14.7. The Kier molecular flexibility index (Phi) is 7.99. The highest BCUT2D eigenvalue weighted by atomic mass is 35.5. The largest absolute Gasteiger partial charge is 0.277 e. The number of hydrogen-bond donors (Lipinski definition) is 0. The number of fused-ring (bicyclic) bond motifs is 10. The molecule has 0 saturated carbocycles. The van der Waals surface area contributed by atoms with Crippen LogP contribution in [0.3, 0.4) is 0 Å². The quantitative estimate of drug-likeness (QED) is 0.122. The molecule has 0 aliphatic rings. The molecule has 0 spiro atoms. The average molecular weight is 920 g/mol. The molecule has 0 fully saturated rings. The lowest BCUT2D eigenvalue weighted by atomic mass is 9.85. The molecule has 310 valence electrons. The van der Waals surface area contributed by atoms with Crippen molar-refractivity contribution in [2.24, 2.45) is 0 Å². The maximum atomic E-state index is 15.0. The van der Waals surface area contributed by atoms with Gasteiger partial charge in [0.15, 0.2) is 0 Å². The molecule has 0 aliphatic heterocycles. The highest BCUT2D eigenvalue weighted by Crippen LogP contribution is 2.53. The second kappa shape index (κ2) is 13.4. The van der Waals surface area contributed by atoms with E-state index >= 15 is 4.79 Å². The predicted molar refractivity (Wildman–Crippen MR) is 279 cm³/mol. The van der Waals surface area contributed by atoms with Gasteiger partial charge in [0.1, 0.15) is 5.65 Å². The molecule has 14 aromatic rings. The molecule has 0 saturated heterocycles. The predicted octanol–water partition coefficient (Wildman–Crippen LogP) is 15.5. The molecule has 0 atom stereocenters. The number of hydrogen-bond acceptors (Lipinski definition) is 3. The normalized spacial score (nSPS) is 12.4.